The van der Waals surface area contributed by atoms with Crippen LogP contribution in [0.2, 0.25) is 6.82 Å². The van der Waals surface area contributed by atoms with Crippen molar-refractivity contribution in [2.45, 2.75) is 83.7 Å². The van der Waals surface area contributed by atoms with Crippen molar-refractivity contribution in [1.82, 2.24) is 4.90 Å². The van der Waals surface area contributed by atoms with Crippen LogP contribution in [-0.4, -0.2) is 45.7 Å². The lowest BCUT2D eigenvalue weighted by molar-refractivity contribution is -0.151. The number of rotatable bonds is 8. The van der Waals surface area contributed by atoms with Gasteiger partial charge in [-0.05, 0) is 20.3 Å². The van der Waals surface area contributed by atoms with Crippen molar-refractivity contribution >= 4 is 36.5 Å². The predicted molar refractivity (Wildman–Crippen MR) is 96.7 cm³/mol. The monoisotopic (exact) mass is 338 g/mol. The van der Waals surface area contributed by atoms with Gasteiger partial charge in [-0.25, -0.2) is 0 Å². The standard InChI is InChI=1S/C17H29BNO3S/c1-8-9-11(2)23-12-10-13(20)19(14(12)21)17(5,6)16(3,4)15(22)18-7/h11-12H,8-10H2,1-7H3. The van der Waals surface area contributed by atoms with Crippen LogP contribution in [0.15, 0.2) is 0 Å². The minimum atomic E-state index is -0.853. The van der Waals surface area contributed by atoms with Gasteiger partial charge in [-0.1, -0.05) is 40.9 Å². The van der Waals surface area contributed by atoms with E-state index >= 15 is 0 Å². The molecule has 6 heteroatoms. The SMILES string of the molecule is C[B]C(=O)C(C)(C)C(C)(C)N1C(=O)CC(SC(C)CCC)C1=O. The Bertz CT molecular complexity index is 490. The van der Waals surface area contributed by atoms with Gasteiger partial charge in [0.2, 0.25) is 11.8 Å². The molecule has 1 saturated heterocycles. The van der Waals surface area contributed by atoms with Gasteiger partial charge >= 0.3 is 0 Å². The molecule has 4 nitrogen and oxygen atoms in total. The first-order chi connectivity index (χ1) is 10.5. The number of thioether (sulfide) groups is 1. The molecule has 1 fully saturated rings. The molecule has 1 aliphatic rings. The van der Waals surface area contributed by atoms with Crippen molar-refractivity contribution in [1.29, 1.82) is 0 Å². The van der Waals surface area contributed by atoms with Crippen LogP contribution in [0.4, 0.5) is 0 Å². The average Bonchev–Trinajstić information content (AvgIpc) is 2.72. The Morgan fingerprint density at radius 3 is 2.39 bits per heavy atom. The summed E-state index contributed by atoms with van der Waals surface area (Å²) in [4.78, 5) is 39.0. The minimum absolute atomic E-state index is 0.0569. The number of hydrogen-bond donors (Lipinski definition) is 0. The third kappa shape index (κ3) is 3.84. The summed E-state index contributed by atoms with van der Waals surface area (Å²) in [7, 11) is 1.52. The molecule has 1 heterocycles. The molecule has 0 aliphatic carbocycles. The lowest BCUT2D eigenvalue weighted by Crippen LogP contribution is -2.60. The van der Waals surface area contributed by atoms with E-state index in [0.29, 0.717) is 5.25 Å². The van der Waals surface area contributed by atoms with Crippen LogP contribution in [0.1, 0.15) is 60.8 Å². The van der Waals surface area contributed by atoms with Crippen LogP contribution in [0.3, 0.4) is 0 Å². The van der Waals surface area contributed by atoms with Crippen molar-refractivity contribution in [3.8, 4) is 0 Å². The fourth-order valence-corrected chi connectivity index (χ4v) is 4.39. The summed E-state index contributed by atoms with van der Waals surface area (Å²) < 4.78 is 0. The molecule has 129 valence electrons. The van der Waals surface area contributed by atoms with Crippen LogP contribution in [-0.2, 0) is 14.4 Å². The van der Waals surface area contributed by atoms with Crippen molar-refractivity contribution in [3.05, 3.63) is 0 Å². The maximum absolute atomic E-state index is 12.8. The molecule has 23 heavy (non-hydrogen) atoms. The second kappa shape index (κ2) is 7.41. The average molecular weight is 338 g/mol. The fourth-order valence-electron chi connectivity index (χ4n) is 2.99. The second-order valence-electron chi connectivity index (χ2n) is 7.33. The number of carbonyl (C=O) groups excluding carboxylic acids is 3. The van der Waals surface area contributed by atoms with Crippen molar-refractivity contribution in [2.24, 2.45) is 5.41 Å². The van der Waals surface area contributed by atoms with Crippen molar-refractivity contribution < 1.29 is 14.4 Å². The number of amides is 2. The summed E-state index contributed by atoms with van der Waals surface area (Å²) in [5.74, 6) is -0.317. The lowest BCUT2D eigenvalue weighted by atomic mass is 9.57. The van der Waals surface area contributed by atoms with E-state index in [-0.39, 0.29) is 29.2 Å². The quantitative estimate of drug-likeness (QED) is 0.504. The topological polar surface area (TPSA) is 54.5 Å². The molecule has 1 radical (unpaired) electrons. The van der Waals surface area contributed by atoms with E-state index in [2.05, 4.69) is 13.8 Å². The smallest absolute Gasteiger partial charge is 0.243 e. The Labute approximate surface area is 145 Å². The van der Waals surface area contributed by atoms with Crippen LogP contribution < -0.4 is 0 Å². The van der Waals surface area contributed by atoms with Gasteiger partial charge in [0, 0.05) is 17.1 Å². The summed E-state index contributed by atoms with van der Waals surface area (Å²) >= 11 is 1.58. The summed E-state index contributed by atoms with van der Waals surface area (Å²) in [6, 6.07) is 0. The van der Waals surface area contributed by atoms with E-state index in [1.54, 1.807) is 32.4 Å². The highest BCUT2D eigenvalue weighted by Gasteiger charge is 2.54. The molecule has 2 atom stereocenters. The summed E-state index contributed by atoms with van der Waals surface area (Å²) in [5.41, 5.74) is -1.73. The number of nitrogens with zero attached hydrogens (tertiary/aromatic N) is 1. The highest BCUT2D eigenvalue weighted by atomic mass is 32.2. The fraction of sp³-hybridized carbons (Fsp3) is 0.824. The highest BCUT2D eigenvalue weighted by Crippen LogP contribution is 2.41. The summed E-state index contributed by atoms with van der Waals surface area (Å²) in [6.45, 7) is 13.1. The maximum Gasteiger partial charge on any atom is 0.243 e. The zero-order valence-corrected chi connectivity index (χ0v) is 16.3. The van der Waals surface area contributed by atoms with Crippen molar-refractivity contribution in [3.63, 3.8) is 0 Å². The molecule has 2 unspecified atom stereocenters. The molecule has 2 amide bonds. The van der Waals surface area contributed by atoms with E-state index < -0.39 is 11.0 Å². The first-order valence-electron chi connectivity index (χ1n) is 8.36. The zero-order valence-electron chi connectivity index (χ0n) is 15.4. The number of imide groups is 1. The summed E-state index contributed by atoms with van der Waals surface area (Å²) in [6.07, 6.45) is 2.33. The molecule has 0 saturated carbocycles. The first kappa shape index (κ1) is 20.3. The zero-order chi connectivity index (χ0) is 18.0. The third-order valence-corrected chi connectivity index (χ3v) is 6.56. The van der Waals surface area contributed by atoms with Crippen LogP contribution >= 0.6 is 11.8 Å². The van der Waals surface area contributed by atoms with E-state index in [1.807, 2.05) is 13.8 Å². The van der Waals surface area contributed by atoms with E-state index in [4.69, 9.17) is 0 Å². The van der Waals surface area contributed by atoms with E-state index in [9.17, 15) is 14.4 Å². The minimum Gasteiger partial charge on any atom is -0.311 e. The largest absolute Gasteiger partial charge is 0.311 e. The molecule has 0 bridgehead atoms. The van der Waals surface area contributed by atoms with Crippen LogP contribution in [0.25, 0.3) is 0 Å². The molecule has 0 N–H and O–H groups in total. The normalized spacial score (nSPS) is 20.8. The Balaban J connectivity index is 3.02. The Hall–Kier alpha value is -0.775. The van der Waals surface area contributed by atoms with Gasteiger partial charge < -0.3 is 4.79 Å². The lowest BCUT2D eigenvalue weighted by Gasteiger charge is -2.46. The first-order valence-corrected chi connectivity index (χ1v) is 9.31. The van der Waals surface area contributed by atoms with Crippen molar-refractivity contribution in [2.75, 3.05) is 0 Å². The Kier molecular flexibility index (Phi) is 6.53. The van der Waals surface area contributed by atoms with Gasteiger partial charge in [0.1, 0.15) is 0 Å². The third-order valence-electron chi connectivity index (χ3n) is 5.16. The number of hydrogen-bond acceptors (Lipinski definition) is 4. The van der Waals surface area contributed by atoms with Crippen LogP contribution in [0, 0.1) is 5.41 Å². The Morgan fingerprint density at radius 1 is 1.35 bits per heavy atom. The van der Waals surface area contributed by atoms with Gasteiger partial charge in [0.25, 0.3) is 0 Å². The van der Waals surface area contributed by atoms with Gasteiger partial charge in [0.15, 0.2) is 7.28 Å². The predicted octanol–water partition coefficient (Wildman–Crippen LogP) is 3.12. The second-order valence-corrected chi connectivity index (χ2v) is 8.98. The highest BCUT2D eigenvalue weighted by molar-refractivity contribution is 8.01. The Morgan fingerprint density at radius 2 is 1.91 bits per heavy atom. The van der Waals surface area contributed by atoms with Crippen LogP contribution in [0.5, 0.6) is 0 Å². The molecule has 1 aliphatic heterocycles. The summed E-state index contributed by atoms with van der Waals surface area (Å²) in [5, 5.41) is 0.0308. The number of carbonyl (C=O) groups is 3. The molecule has 0 aromatic carbocycles. The van der Waals surface area contributed by atoms with Gasteiger partial charge in [-0.3, -0.25) is 14.5 Å². The van der Waals surface area contributed by atoms with Gasteiger partial charge in [-0.2, -0.15) is 0 Å². The molecule has 0 spiro atoms. The molecular weight excluding hydrogens is 309 g/mol. The maximum atomic E-state index is 12.8. The number of likely N-dealkylation sites (tertiary alicyclic amines) is 1. The molecule has 0 aromatic heterocycles. The van der Waals surface area contributed by atoms with E-state index in [0.717, 1.165) is 12.8 Å². The van der Waals surface area contributed by atoms with Gasteiger partial charge in [-0.15, -0.1) is 11.8 Å². The molecule has 0 aromatic rings. The molecular formula is C17H29BNO3S. The van der Waals surface area contributed by atoms with E-state index in [1.165, 1.54) is 12.2 Å². The van der Waals surface area contributed by atoms with Gasteiger partial charge in [0.05, 0.1) is 16.5 Å². The molecule has 1 rings (SSSR count).